The van der Waals surface area contributed by atoms with E-state index in [-0.39, 0.29) is 35.4 Å². The number of nitrogens with one attached hydrogen (secondary N) is 3. The summed E-state index contributed by atoms with van der Waals surface area (Å²) in [6, 6.07) is 11.8. The smallest absolute Gasteiger partial charge is 0.261 e. The van der Waals surface area contributed by atoms with Crippen molar-refractivity contribution in [2.45, 2.75) is 70.7 Å². The fraction of sp³-hybridized carbons (Fsp3) is 0.440. The number of rotatable bonds is 12. The van der Waals surface area contributed by atoms with E-state index in [4.69, 9.17) is 0 Å². The highest BCUT2D eigenvalue weighted by atomic mass is 32.2. The van der Waals surface area contributed by atoms with E-state index >= 15 is 0 Å². The molecule has 0 saturated carbocycles. The molecule has 2 amide bonds. The Balaban J connectivity index is 2.05. The van der Waals surface area contributed by atoms with Crippen LogP contribution >= 0.6 is 0 Å². The van der Waals surface area contributed by atoms with Crippen molar-refractivity contribution in [2.75, 3.05) is 11.3 Å². The number of anilines is 1. The quantitative estimate of drug-likeness (QED) is 0.430. The minimum atomic E-state index is -3.86. The summed E-state index contributed by atoms with van der Waals surface area (Å²) in [5.74, 6) is -0.552. The molecule has 0 aliphatic carbocycles. The van der Waals surface area contributed by atoms with E-state index in [1.165, 1.54) is 12.1 Å². The summed E-state index contributed by atoms with van der Waals surface area (Å²) < 4.78 is 28.3. The van der Waals surface area contributed by atoms with Gasteiger partial charge in [-0.1, -0.05) is 38.5 Å². The molecule has 0 radical (unpaired) electrons. The molecule has 0 fully saturated rings. The van der Waals surface area contributed by atoms with Crippen LogP contribution in [0.1, 0.15) is 67.9 Å². The molecule has 7 nitrogen and oxygen atoms in total. The van der Waals surface area contributed by atoms with E-state index in [9.17, 15) is 18.0 Å². The lowest BCUT2D eigenvalue weighted by Crippen LogP contribution is -2.35. The zero-order chi connectivity index (χ0) is 24.4. The summed E-state index contributed by atoms with van der Waals surface area (Å²) in [5, 5.41) is 5.54. The van der Waals surface area contributed by atoms with Crippen molar-refractivity contribution in [3.8, 4) is 0 Å². The SMILES string of the molecule is CCCCc1ccc(NS(=O)(=O)c2ccc(C)c(C(=O)NCCC(=O)NC(C)CC)c2)cc1. The maximum atomic E-state index is 12.9. The van der Waals surface area contributed by atoms with Crippen molar-refractivity contribution < 1.29 is 18.0 Å². The predicted molar refractivity (Wildman–Crippen MR) is 132 cm³/mol. The molecule has 1 unspecified atom stereocenters. The maximum absolute atomic E-state index is 12.9. The van der Waals surface area contributed by atoms with Crippen LogP contribution in [0.15, 0.2) is 47.4 Å². The lowest BCUT2D eigenvalue weighted by atomic mass is 10.1. The van der Waals surface area contributed by atoms with Crippen molar-refractivity contribution >= 4 is 27.5 Å². The Kier molecular flexibility index (Phi) is 9.91. The molecule has 2 aromatic carbocycles. The first-order valence-corrected chi connectivity index (χ1v) is 12.9. The van der Waals surface area contributed by atoms with Crippen LogP contribution in [0.25, 0.3) is 0 Å². The van der Waals surface area contributed by atoms with Crippen LogP contribution in [0, 0.1) is 6.92 Å². The molecule has 0 spiro atoms. The van der Waals surface area contributed by atoms with Crippen molar-refractivity contribution in [1.82, 2.24) is 10.6 Å². The van der Waals surface area contributed by atoms with Gasteiger partial charge in [0.25, 0.3) is 15.9 Å². The first-order valence-electron chi connectivity index (χ1n) is 11.5. The number of hydrogen-bond donors (Lipinski definition) is 3. The van der Waals surface area contributed by atoms with Crippen molar-refractivity contribution in [3.05, 3.63) is 59.2 Å². The van der Waals surface area contributed by atoms with Crippen molar-refractivity contribution in [2.24, 2.45) is 0 Å². The second kappa shape index (κ2) is 12.4. The monoisotopic (exact) mass is 473 g/mol. The van der Waals surface area contributed by atoms with Gasteiger partial charge >= 0.3 is 0 Å². The summed E-state index contributed by atoms with van der Waals surface area (Å²) in [6.45, 7) is 7.93. The lowest BCUT2D eigenvalue weighted by Gasteiger charge is -2.13. The van der Waals surface area contributed by atoms with E-state index in [1.54, 1.807) is 25.1 Å². The maximum Gasteiger partial charge on any atom is 0.261 e. The fourth-order valence-electron chi connectivity index (χ4n) is 3.18. The first-order chi connectivity index (χ1) is 15.7. The van der Waals surface area contributed by atoms with Crippen molar-refractivity contribution in [1.29, 1.82) is 0 Å². The van der Waals surface area contributed by atoms with Crippen LogP contribution in [-0.4, -0.2) is 32.8 Å². The number of carbonyl (C=O) groups excluding carboxylic acids is 2. The average molecular weight is 474 g/mol. The number of hydrogen-bond acceptors (Lipinski definition) is 4. The van der Waals surface area contributed by atoms with Crippen LogP contribution in [-0.2, 0) is 21.2 Å². The number of aryl methyl sites for hydroxylation is 2. The van der Waals surface area contributed by atoms with E-state index in [0.29, 0.717) is 11.3 Å². The fourth-order valence-corrected chi connectivity index (χ4v) is 4.27. The molecule has 0 heterocycles. The highest BCUT2D eigenvalue weighted by Crippen LogP contribution is 2.20. The van der Waals surface area contributed by atoms with Crippen LogP contribution < -0.4 is 15.4 Å². The Morgan fingerprint density at radius 3 is 2.36 bits per heavy atom. The molecule has 0 aliphatic heterocycles. The number of carbonyl (C=O) groups is 2. The molecule has 2 aromatic rings. The van der Waals surface area contributed by atoms with E-state index in [1.807, 2.05) is 26.0 Å². The van der Waals surface area contributed by atoms with Crippen LogP contribution in [0.3, 0.4) is 0 Å². The highest BCUT2D eigenvalue weighted by molar-refractivity contribution is 7.92. The molecular formula is C25H35N3O4S. The van der Waals surface area contributed by atoms with Gasteiger partial charge in [-0.2, -0.15) is 0 Å². The molecule has 0 saturated heterocycles. The molecule has 0 aliphatic rings. The largest absolute Gasteiger partial charge is 0.354 e. The van der Waals surface area contributed by atoms with E-state index < -0.39 is 15.9 Å². The molecule has 3 N–H and O–H groups in total. The van der Waals surface area contributed by atoms with Gasteiger partial charge in [0.15, 0.2) is 0 Å². The van der Waals surface area contributed by atoms with Gasteiger partial charge in [0, 0.05) is 30.3 Å². The summed E-state index contributed by atoms with van der Waals surface area (Å²) >= 11 is 0. The van der Waals surface area contributed by atoms with Gasteiger partial charge in [-0.3, -0.25) is 14.3 Å². The number of benzene rings is 2. The third-order valence-corrected chi connectivity index (χ3v) is 6.83. The summed E-state index contributed by atoms with van der Waals surface area (Å²) in [7, 11) is -3.86. The number of sulfonamides is 1. The summed E-state index contributed by atoms with van der Waals surface area (Å²) in [6.07, 6.45) is 4.13. The van der Waals surface area contributed by atoms with Gasteiger partial charge < -0.3 is 10.6 Å². The minimum absolute atomic E-state index is 0.00261. The Morgan fingerprint density at radius 1 is 1.03 bits per heavy atom. The van der Waals surface area contributed by atoms with Gasteiger partial charge in [0.2, 0.25) is 5.91 Å². The third-order valence-electron chi connectivity index (χ3n) is 5.45. The zero-order valence-electron chi connectivity index (χ0n) is 19.9. The van der Waals surface area contributed by atoms with Crippen LogP contribution in [0.4, 0.5) is 5.69 Å². The average Bonchev–Trinajstić information content (AvgIpc) is 2.78. The summed E-state index contributed by atoms with van der Waals surface area (Å²) in [4.78, 5) is 24.5. The van der Waals surface area contributed by atoms with E-state index in [0.717, 1.165) is 31.2 Å². The normalized spacial score (nSPS) is 12.1. The highest BCUT2D eigenvalue weighted by Gasteiger charge is 2.18. The Bertz CT molecular complexity index is 1050. The molecule has 1 atom stereocenters. The van der Waals surface area contributed by atoms with Gasteiger partial charge in [-0.25, -0.2) is 8.42 Å². The number of unbranched alkanes of at least 4 members (excludes halogenated alkanes) is 1. The van der Waals surface area contributed by atoms with Crippen molar-refractivity contribution in [3.63, 3.8) is 0 Å². The second-order valence-electron chi connectivity index (χ2n) is 8.27. The Hall–Kier alpha value is -2.87. The molecule has 0 bridgehead atoms. The Labute approximate surface area is 197 Å². The topological polar surface area (TPSA) is 104 Å². The molecule has 8 heteroatoms. The Morgan fingerprint density at radius 2 is 1.73 bits per heavy atom. The molecular weight excluding hydrogens is 438 g/mol. The molecule has 0 aromatic heterocycles. The van der Waals surface area contributed by atoms with Crippen LogP contribution in [0.2, 0.25) is 0 Å². The molecule has 180 valence electrons. The third kappa shape index (κ3) is 8.20. The minimum Gasteiger partial charge on any atom is -0.354 e. The van der Waals surface area contributed by atoms with Gasteiger partial charge in [0.1, 0.15) is 0 Å². The summed E-state index contributed by atoms with van der Waals surface area (Å²) in [5.41, 5.74) is 2.53. The second-order valence-corrected chi connectivity index (χ2v) is 9.95. The van der Waals surface area contributed by atoms with Crippen LogP contribution in [0.5, 0.6) is 0 Å². The number of amides is 2. The van der Waals surface area contributed by atoms with E-state index in [2.05, 4.69) is 22.3 Å². The first kappa shape index (κ1) is 26.4. The molecule has 2 rings (SSSR count). The molecule has 33 heavy (non-hydrogen) atoms. The lowest BCUT2D eigenvalue weighted by molar-refractivity contribution is -0.121. The standard InChI is InChI=1S/C25H35N3O4S/c1-5-7-8-20-10-12-21(13-11-20)28-33(31,32)22-14-9-18(3)23(17-22)25(30)26-16-15-24(29)27-19(4)6-2/h9-14,17,19,28H,5-8,15-16H2,1-4H3,(H,26,30)(H,27,29). The van der Waals surface area contributed by atoms with Gasteiger partial charge in [-0.05, 0) is 68.5 Å². The predicted octanol–water partition coefficient (Wildman–Crippen LogP) is 4.17. The zero-order valence-corrected chi connectivity index (χ0v) is 20.7. The van der Waals surface area contributed by atoms with Gasteiger partial charge in [0.05, 0.1) is 4.90 Å². The van der Waals surface area contributed by atoms with Gasteiger partial charge in [-0.15, -0.1) is 0 Å².